The van der Waals surface area contributed by atoms with Crippen LogP contribution in [0.4, 0.5) is 8.78 Å². The summed E-state index contributed by atoms with van der Waals surface area (Å²) in [6, 6.07) is 9.77. The summed E-state index contributed by atoms with van der Waals surface area (Å²) in [6.07, 6.45) is 5.56. The van der Waals surface area contributed by atoms with Gasteiger partial charge in [0, 0.05) is 57.4 Å². The molecule has 0 aromatic heterocycles. The molecule has 234 valence electrons. The molecule has 7 nitrogen and oxygen atoms in total. The van der Waals surface area contributed by atoms with Gasteiger partial charge in [-0.25, -0.2) is 8.78 Å². The second-order valence-electron chi connectivity index (χ2n) is 13.2. The number of amides is 1. The SMILES string of the molecule is CC(C)(C)OC(=O)[C@H](Cc1ccc2c(c1)CCC2)NCCNC(=O)[C@@H]1CN(C2CCOCC2)C[C@H]1c1ccc(F)cc1F. The number of carbonyl (C=O) groups is 2. The van der Waals surface area contributed by atoms with Gasteiger partial charge in [0.1, 0.15) is 23.3 Å². The van der Waals surface area contributed by atoms with Crippen LogP contribution in [-0.4, -0.2) is 73.9 Å². The molecular weight excluding hydrogens is 552 g/mol. The minimum absolute atomic E-state index is 0.169. The molecule has 2 saturated heterocycles. The largest absolute Gasteiger partial charge is 0.459 e. The number of hydrogen-bond donors (Lipinski definition) is 2. The molecule has 2 aliphatic heterocycles. The highest BCUT2D eigenvalue weighted by molar-refractivity contribution is 5.80. The van der Waals surface area contributed by atoms with Gasteiger partial charge in [0.25, 0.3) is 0 Å². The van der Waals surface area contributed by atoms with Crippen LogP contribution in [0.2, 0.25) is 0 Å². The van der Waals surface area contributed by atoms with Crippen molar-refractivity contribution in [3.8, 4) is 0 Å². The van der Waals surface area contributed by atoms with Gasteiger partial charge in [0.2, 0.25) is 5.91 Å². The van der Waals surface area contributed by atoms with Gasteiger partial charge < -0.3 is 20.1 Å². The lowest BCUT2D eigenvalue weighted by atomic mass is 9.88. The van der Waals surface area contributed by atoms with Gasteiger partial charge in [-0.1, -0.05) is 24.3 Å². The Morgan fingerprint density at radius 3 is 2.53 bits per heavy atom. The van der Waals surface area contributed by atoms with Crippen LogP contribution in [0.3, 0.4) is 0 Å². The summed E-state index contributed by atoms with van der Waals surface area (Å²) in [7, 11) is 0. The quantitative estimate of drug-likeness (QED) is 0.314. The van der Waals surface area contributed by atoms with Crippen molar-refractivity contribution in [3.63, 3.8) is 0 Å². The second kappa shape index (κ2) is 13.8. The van der Waals surface area contributed by atoms with E-state index in [-0.39, 0.29) is 23.8 Å². The Labute approximate surface area is 253 Å². The highest BCUT2D eigenvalue weighted by Crippen LogP contribution is 2.37. The zero-order valence-corrected chi connectivity index (χ0v) is 25.6. The van der Waals surface area contributed by atoms with E-state index in [0.717, 1.165) is 43.7 Å². The van der Waals surface area contributed by atoms with E-state index in [1.165, 1.54) is 23.3 Å². The molecule has 2 aromatic rings. The molecule has 2 heterocycles. The standard InChI is InChI=1S/C34H45F2N3O4/c1-34(2,3)43-33(41)31(18-22-7-8-23-5-4-6-24(23)17-22)37-13-14-38-32(40)29-21-39(26-11-15-42-16-12-26)20-28(29)27-10-9-25(35)19-30(27)36/h7-10,17,19,26,28-29,31,37H,4-6,11-16,18,20-21H2,1-3H3,(H,38,40)/t28-,29+,31-/m0/s1. The van der Waals surface area contributed by atoms with Gasteiger partial charge in [0.05, 0.1) is 5.92 Å². The zero-order valence-electron chi connectivity index (χ0n) is 25.6. The lowest BCUT2D eigenvalue weighted by molar-refractivity contribution is -0.157. The second-order valence-corrected chi connectivity index (χ2v) is 13.2. The summed E-state index contributed by atoms with van der Waals surface area (Å²) in [4.78, 5) is 28.9. The predicted molar refractivity (Wildman–Crippen MR) is 161 cm³/mol. The molecular formula is C34H45F2N3O4. The molecule has 0 radical (unpaired) electrons. The highest BCUT2D eigenvalue weighted by Gasteiger charge is 2.42. The first-order valence-electron chi connectivity index (χ1n) is 15.7. The van der Waals surface area contributed by atoms with Gasteiger partial charge in [-0.2, -0.15) is 0 Å². The number of halogens is 2. The summed E-state index contributed by atoms with van der Waals surface area (Å²) in [5, 5.41) is 6.33. The minimum atomic E-state index is -0.632. The Morgan fingerprint density at radius 1 is 1.02 bits per heavy atom. The number of nitrogens with zero attached hydrogens (tertiary/aromatic N) is 1. The monoisotopic (exact) mass is 597 g/mol. The fourth-order valence-electron chi connectivity index (χ4n) is 6.73. The molecule has 3 atom stereocenters. The number of rotatable bonds is 10. The average molecular weight is 598 g/mol. The summed E-state index contributed by atoms with van der Waals surface area (Å²) in [6.45, 7) is 8.60. The van der Waals surface area contributed by atoms with Gasteiger partial charge in [-0.15, -0.1) is 0 Å². The van der Waals surface area contributed by atoms with E-state index in [0.29, 0.717) is 51.4 Å². The number of hydrogen-bond acceptors (Lipinski definition) is 6. The fourth-order valence-corrected chi connectivity index (χ4v) is 6.73. The number of carbonyl (C=O) groups excluding carboxylic acids is 2. The Balaban J connectivity index is 1.22. The van der Waals surface area contributed by atoms with Gasteiger partial charge >= 0.3 is 5.97 Å². The number of nitrogens with one attached hydrogen (secondary N) is 2. The first kappa shape index (κ1) is 31.5. The van der Waals surface area contributed by atoms with E-state index in [2.05, 4.69) is 33.7 Å². The predicted octanol–water partition coefficient (Wildman–Crippen LogP) is 4.31. The molecule has 2 aromatic carbocycles. The van der Waals surface area contributed by atoms with Gasteiger partial charge in [-0.3, -0.25) is 14.5 Å². The van der Waals surface area contributed by atoms with Crippen molar-refractivity contribution in [2.24, 2.45) is 5.92 Å². The molecule has 0 bridgehead atoms. The molecule has 2 N–H and O–H groups in total. The lowest BCUT2D eigenvalue weighted by Gasteiger charge is -2.31. The van der Waals surface area contributed by atoms with Gasteiger partial charge in [-0.05, 0) is 87.6 Å². The third kappa shape index (κ3) is 8.19. The van der Waals surface area contributed by atoms with E-state index < -0.39 is 29.2 Å². The van der Waals surface area contributed by atoms with Crippen molar-refractivity contribution in [1.82, 2.24) is 15.5 Å². The van der Waals surface area contributed by atoms with E-state index in [9.17, 15) is 18.4 Å². The minimum Gasteiger partial charge on any atom is -0.459 e. The number of esters is 1. The Bertz CT molecular complexity index is 1290. The van der Waals surface area contributed by atoms with Crippen molar-refractivity contribution < 1.29 is 27.8 Å². The maximum absolute atomic E-state index is 14.9. The molecule has 5 rings (SSSR count). The van der Waals surface area contributed by atoms with Crippen molar-refractivity contribution in [1.29, 1.82) is 0 Å². The summed E-state index contributed by atoms with van der Waals surface area (Å²) in [5.41, 5.74) is 3.57. The number of benzene rings is 2. The zero-order chi connectivity index (χ0) is 30.6. The fraction of sp³-hybridized carbons (Fsp3) is 0.588. The van der Waals surface area contributed by atoms with Crippen LogP contribution in [-0.2, 0) is 38.3 Å². The molecule has 0 unspecified atom stereocenters. The molecule has 0 saturated carbocycles. The molecule has 43 heavy (non-hydrogen) atoms. The van der Waals surface area contributed by atoms with Crippen molar-refractivity contribution in [2.45, 2.75) is 82.9 Å². The highest BCUT2D eigenvalue weighted by atomic mass is 19.1. The van der Waals surface area contributed by atoms with Crippen LogP contribution in [0, 0.1) is 17.6 Å². The van der Waals surface area contributed by atoms with Crippen molar-refractivity contribution in [3.05, 3.63) is 70.3 Å². The Hall–Kier alpha value is -2.88. The normalized spacial score (nSPS) is 21.9. The Morgan fingerprint density at radius 2 is 1.79 bits per heavy atom. The number of aryl methyl sites for hydroxylation is 2. The van der Waals surface area contributed by atoms with Crippen LogP contribution in [0.25, 0.3) is 0 Å². The molecule has 1 amide bonds. The van der Waals surface area contributed by atoms with E-state index in [1.54, 1.807) is 0 Å². The summed E-state index contributed by atoms with van der Waals surface area (Å²) in [5.74, 6) is -2.61. The van der Waals surface area contributed by atoms with E-state index >= 15 is 0 Å². The average Bonchev–Trinajstić information content (AvgIpc) is 3.61. The Kier molecular flexibility index (Phi) is 10.1. The third-order valence-electron chi connectivity index (χ3n) is 8.86. The summed E-state index contributed by atoms with van der Waals surface area (Å²) < 4.78 is 39.8. The van der Waals surface area contributed by atoms with Crippen LogP contribution >= 0.6 is 0 Å². The molecule has 2 fully saturated rings. The van der Waals surface area contributed by atoms with Crippen LogP contribution in [0.15, 0.2) is 36.4 Å². The topological polar surface area (TPSA) is 79.9 Å². The van der Waals surface area contributed by atoms with Crippen LogP contribution < -0.4 is 10.6 Å². The van der Waals surface area contributed by atoms with Crippen LogP contribution in [0.1, 0.15) is 68.2 Å². The van der Waals surface area contributed by atoms with E-state index in [1.807, 2.05) is 20.8 Å². The van der Waals surface area contributed by atoms with Crippen molar-refractivity contribution in [2.75, 3.05) is 39.4 Å². The third-order valence-corrected chi connectivity index (χ3v) is 8.86. The van der Waals surface area contributed by atoms with E-state index in [4.69, 9.17) is 9.47 Å². The number of fused-ring (bicyclic) bond motifs is 1. The first-order chi connectivity index (χ1) is 20.6. The van der Waals surface area contributed by atoms with Crippen molar-refractivity contribution >= 4 is 11.9 Å². The smallest absolute Gasteiger partial charge is 0.323 e. The molecule has 0 spiro atoms. The molecule has 1 aliphatic carbocycles. The number of ether oxygens (including phenoxy) is 2. The first-order valence-corrected chi connectivity index (χ1v) is 15.7. The molecule has 3 aliphatic rings. The number of likely N-dealkylation sites (tertiary alicyclic amines) is 1. The maximum atomic E-state index is 14.9. The summed E-state index contributed by atoms with van der Waals surface area (Å²) >= 11 is 0. The molecule has 9 heteroatoms. The maximum Gasteiger partial charge on any atom is 0.323 e. The van der Waals surface area contributed by atoms with Gasteiger partial charge in [0.15, 0.2) is 0 Å². The van der Waals surface area contributed by atoms with Crippen LogP contribution in [0.5, 0.6) is 0 Å². The lowest BCUT2D eigenvalue weighted by Crippen LogP contribution is -2.46.